The molecule has 0 aliphatic heterocycles. The zero-order valence-electron chi connectivity index (χ0n) is 9.61. The van der Waals surface area contributed by atoms with Crippen molar-refractivity contribution in [3.05, 3.63) is 52.4 Å². The maximum atomic E-state index is 12.8. The first kappa shape index (κ1) is 12.0. The predicted octanol–water partition coefficient (Wildman–Crippen LogP) is 4.06. The quantitative estimate of drug-likeness (QED) is 0.830. The molecule has 0 spiro atoms. The van der Waals surface area contributed by atoms with Crippen LogP contribution in [-0.2, 0) is 0 Å². The molecule has 88 valence electrons. The zero-order valence-corrected chi connectivity index (χ0v) is 11.2. The maximum Gasteiger partial charge on any atom is 0.133 e. The van der Waals surface area contributed by atoms with Gasteiger partial charge in [0.05, 0.1) is 5.69 Å². The normalized spacial score (nSPS) is 10.4. The van der Waals surface area contributed by atoms with Crippen molar-refractivity contribution in [1.29, 1.82) is 0 Å². The molecule has 0 saturated heterocycles. The summed E-state index contributed by atoms with van der Waals surface area (Å²) in [4.78, 5) is 6.37. The molecule has 2 rings (SSSR count). The van der Waals surface area contributed by atoms with Crippen LogP contribution in [-0.4, -0.2) is 12.0 Å². The SMILES string of the molecule is Cc1nc(N(C)c2ccc(F)cc2)ccc1Br. The van der Waals surface area contributed by atoms with Crippen LogP contribution in [0.25, 0.3) is 0 Å². The van der Waals surface area contributed by atoms with Gasteiger partial charge < -0.3 is 4.90 Å². The molecule has 1 aromatic heterocycles. The molecule has 0 bridgehead atoms. The first-order valence-corrected chi connectivity index (χ1v) is 5.99. The van der Waals surface area contributed by atoms with Crippen LogP contribution in [0.3, 0.4) is 0 Å². The van der Waals surface area contributed by atoms with Gasteiger partial charge in [0.25, 0.3) is 0 Å². The van der Waals surface area contributed by atoms with E-state index < -0.39 is 0 Å². The zero-order chi connectivity index (χ0) is 12.4. The van der Waals surface area contributed by atoms with Crippen molar-refractivity contribution in [2.45, 2.75) is 6.92 Å². The van der Waals surface area contributed by atoms with Gasteiger partial charge in [-0.15, -0.1) is 0 Å². The second-order valence-electron chi connectivity index (χ2n) is 3.77. The standard InChI is InChI=1S/C13H12BrFN2/c1-9-12(14)7-8-13(16-9)17(2)11-5-3-10(15)4-6-11/h3-8H,1-2H3. The van der Waals surface area contributed by atoms with Gasteiger partial charge in [-0.1, -0.05) is 0 Å². The Morgan fingerprint density at radius 1 is 1.12 bits per heavy atom. The highest BCUT2D eigenvalue weighted by molar-refractivity contribution is 9.10. The lowest BCUT2D eigenvalue weighted by molar-refractivity contribution is 0.628. The molecule has 17 heavy (non-hydrogen) atoms. The van der Waals surface area contributed by atoms with Crippen LogP contribution in [0.1, 0.15) is 5.69 Å². The van der Waals surface area contributed by atoms with Crippen molar-refractivity contribution in [3.8, 4) is 0 Å². The molecule has 0 aliphatic carbocycles. The van der Waals surface area contributed by atoms with Crippen LogP contribution in [0.2, 0.25) is 0 Å². The smallest absolute Gasteiger partial charge is 0.133 e. The van der Waals surface area contributed by atoms with Gasteiger partial charge >= 0.3 is 0 Å². The van der Waals surface area contributed by atoms with E-state index in [1.807, 2.05) is 31.0 Å². The van der Waals surface area contributed by atoms with Gasteiger partial charge in [0.2, 0.25) is 0 Å². The first-order chi connectivity index (χ1) is 8.08. The number of halogens is 2. The average Bonchev–Trinajstić information content (AvgIpc) is 2.33. The van der Waals surface area contributed by atoms with Gasteiger partial charge in [-0.2, -0.15) is 0 Å². The summed E-state index contributed by atoms with van der Waals surface area (Å²) in [7, 11) is 1.91. The van der Waals surface area contributed by atoms with Crippen molar-refractivity contribution < 1.29 is 4.39 Å². The van der Waals surface area contributed by atoms with Crippen molar-refractivity contribution in [1.82, 2.24) is 4.98 Å². The van der Waals surface area contributed by atoms with Gasteiger partial charge in [-0.3, -0.25) is 0 Å². The van der Waals surface area contributed by atoms with Crippen molar-refractivity contribution in [2.24, 2.45) is 0 Å². The van der Waals surface area contributed by atoms with Crippen LogP contribution in [0.4, 0.5) is 15.9 Å². The molecule has 1 aromatic carbocycles. The Morgan fingerprint density at radius 3 is 2.35 bits per heavy atom. The van der Waals surface area contributed by atoms with Gasteiger partial charge in [0, 0.05) is 17.2 Å². The Bertz CT molecular complexity index is 525. The molecule has 2 aromatic rings. The summed E-state index contributed by atoms with van der Waals surface area (Å²) in [5, 5.41) is 0. The molecule has 2 nitrogen and oxygen atoms in total. The molecule has 0 fully saturated rings. The third kappa shape index (κ3) is 2.64. The second kappa shape index (κ2) is 4.84. The number of anilines is 2. The Kier molecular flexibility index (Phi) is 3.43. The minimum Gasteiger partial charge on any atom is -0.329 e. The molecule has 4 heteroatoms. The van der Waals surface area contributed by atoms with E-state index in [0.29, 0.717) is 0 Å². The van der Waals surface area contributed by atoms with Crippen LogP contribution in [0.5, 0.6) is 0 Å². The first-order valence-electron chi connectivity index (χ1n) is 5.20. The topological polar surface area (TPSA) is 16.1 Å². The largest absolute Gasteiger partial charge is 0.329 e. The number of hydrogen-bond donors (Lipinski definition) is 0. The van der Waals surface area contributed by atoms with Gasteiger partial charge in [0.15, 0.2) is 0 Å². The Hall–Kier alpha value is -1.42. The fourth-order valence-electron chi connectivity index (χ4n) is 1.51. The number of benzene rings is 1. The van der Waals surface area contributed by atoms with E-state index in [1.165, 1.54) is 12.1 Å². The number of aryl methyl sites for hydroxylation is 1. The molecule has 0 unspecified atom stereocenters. The fourth-order valence-corrected chi connectivity index (χ4v) is 1.74. The van der Waals surface area contributed by atoms with Gasteiger partial charge in [-0.25, -0.2) is 9.37 Å². The molecular formula is C13H12BrFN2. The molecule has 0 radical (unpaired) electrons. The number of rotatable bonds is 2. The maximum absolute atomic E-state index is 12.8. The van der Waals surface area contributed by atoms with Gasteiger partial charge in [0.1, 0.15) is 11.6 Å². The summed E-state index contributed by atoms with van der Waals surface area (Å²) >= 11 is 3.41. The minimum absolute atomic E-state index is 0.234. The van der Waals surface area contributed by atoms with E-state index >= 15 is 0 Å². The summed E-state index contributed by atoms with van der Waals surface area (Å²) in [6.45, 7) is 1.94. The molecule has 0 N–H and O–H groups in total. The lowest BCUT2D eigenvalue weighted by atomic mass is 10.3. The summed E-state index contributed by atoms with van der Waals surface area (Å²) in [5.41, 5.74) is 1.83. The van der Waals surface area contributed by atoms with E-state index in [9.17, 15) is 4.39 Å². The second-order valence-corrected chi connectivity index (χ2v) is 4.63. The van der Waals surface area contributed by atoms with Crippen molar-refractivity contribution >= 4 is 27.4 Å². The molecule has 1 heterocycles. The molecule has 0 atom stereocenters. The number of nitrogens with zero attached hydrogens (tertiary/aromatic N) is 2. The summed E-state index contributed by atoms with van der Waals surface area (Å²) < 4.78 is 13.8. The summed E-state index contributed by atoms with van der Waals surface area (Å²) in [6, 6.07) is 10.2. The van der Waals surface area contributed by atoms with Crippen LogP contribution in [0.15, 0.2) is 40.9 Å². The number of hydrogen-bond acceptors (Lipinski definition) is 2. The van der Waals surface area contributed by atoms with Crippen molar-refractivity contribution in [2.75, 3.05) is 11.9 Å². The monoisotopic (exact) mass is 294 g/mol. The van der Waals surface area contributed by atoms with Crippen LogP contribution < -0.4 is 4.90 Å². The van der Waals surface area contributed by atoms with Crippen LogP contribution >= 0.6 is 15.9 Å². The highest BCUT2D eigenvalue weighted by Gasteiger charge is 2.06. The third-order valence-corrected chi connectivity index (χ3v) is 3.40. The molecule has 0 aliphatic rings. The Labute approximate surface area is 108 Å². The number of pyridine rings is 1. The highest BCUT2D eigenvalue weighted by Crippen LogP contribution is 2.24. The average molecular weight is 295 g/mol. The highest BCUT2D eigenvalue weighted by atomic mass is 79.9. The summed E-state index contributed by atoms with van der Waals surface area (Å²) in [5.74, 6) is 0.597. The van der Waals surface area contributed by atoms with E-state index in [2.05, 4.69) is 20.9 Å². The van der Waals surface area contributed by atoms with E-state index in [4.69, 9.17) is 0 Å². The fraction of sp³-hybridized carbons (Fsp3) is 0.154. The molecular weight excluding hydrogens is 283 g/mol. The van der Waals surface area contributed by atoms with E-state index in [-0.39, 0.29) is 5.82 Å². The van der Waals surface area contributed by atoms with Crippen LogP contribution in [0, 0.1) is 12.7 Å². The molecule has 0 amide bonds. The van der Waals surface area contributed by atoms with Crippen molar-refractivity contribution in [3.63, 3.8) is 0 Å². The number of aromatic nitrogens is 1. The minimum atomic E-state index is -0.234. The van der Waals surface area contributed by atoms with Gasteiger partial charge in [-0.05, 0) is 59.3 Å². The Balaban J connectivity index is 2.33. The lowest BCUT2D eigenvalue weighted by Crippen LogP contribution is -2.11. The Morgan fingerprint density at radius 2 is 1.76 bits per heavy atom. The third-order valence-electron chi connectivity index (χ3n) is 2.56. The lowest BCUT2D eigenvalue weighted by Gasteiger charge is -2.18. The predicted molar refractivity (Wildman–Crippen MR) is 71.1 cm³/mol. The summed E-state index contributed by atoms with van der Waals surface area (Å²) in [6.07, 6.45) is 0. The van der Waals surface area contributed by atoms with E-state index in [1.54, 1.807) is 12.1 Å². The van der Waals surface area contributed by atoms with E-state index in [0.717, 1.165) is 21.7 Å². The molecule has 0 saturated carbocycles.